The van der Waals surface area contributed by atoms with E-state index in [0.717, 1.165) is 22.2 Å². The Hall–Kier alpha value is -2.72. The van der Waals surface area contributed by atoms with E-state index in [1.807, 2.05) is 0 Å². The summed E-state index contributed by atoms with van der Waals surface area (Å²) >= 11 is 1.28. The first-order valence-corrected chi connectivity index (χ1v) is 10.2. The lowest BCUT2D eigenvalue weighted by molar-refractivity contribution is 0.621. The lowest BCUT2D eigenvalue weighted by Crippen LogP contribution is -2.08. The highest BCUT2D eigenvalue weighted by molar-refractivity contribution is 7.00. The number of rotatable bonds is 3. The van der Waals surface area contributed by atoms with Gasteiger partial charge in [-0.05, 0) is 41.3 Å². The lowest BCUT2D eigenvalue weighted by atomic mass is 9.83. The number of hydrogen-bond acceptors (Lipinski definition) is 4. The first-order chi connectivity index (χ1) is 13.4. The SMILES string of the molecule is Cc1ccc(C(=C2C=CC(C)(C)C=C2)c2ccc(N(C)C)cc2)c2nsnc12. The highest BCUT2D eigenvalue weighted by Gasteiger charge is 2.19. The van der Waals surface area contributed by atoms with Crippen molar-refractivity contribution in [1.29, 1.82) is 0 Å². The smallest absolute Gasteiger partial charge is 0.112 e. The number of anilines is 1. The minimum Gasteiger partial charge on any atom is -0.378 e. The van der Waals surface area contributed by atoms with E-state index in [1.165, 1.54) is 34.1 Å². The van der Waals surface area contributed by atoms with Crippen LogP contribution in [-0.2, 0) is 0 Å². The molecule has 0 saturated carbocycles. The van der Waals surface area contributed by atoms with Crippen molar-refractivity contribution in [2.75, 3.05) is 19.0 Å². The molecule has 0 fully saturated rings. The van der Waals surface area contributed by atoms with Gasteiger partial charge < -0.3 is 4.90 Å². The van der Waals surface area contributed by atoms with Gasteiger partial charge in [-0.1, -0.05) is 62.4 Å². The fourth-order valence-electron chi connectivity index (χ4n) is 3.48. The maximum Gasteiger partial charge on any atom is 0.112 e. The molecule has 0 saturated heterocycles. The summed E-state index contributed by atoms with van der Waals surface area (Å²) in [6.07, 6.45) is 9.00. The van der Waals surface area contributed by atoms with Gasteiger partial charge in [0.15, 0.2) is 0 Å². The van der Waals surface area contributed by atoms with E-state index >= 15 is 0 Å². The zero-order valence-corrected chi connectivity index (χ0v) is 17.8. The Balaban J connectivity index is 1.96. The Kier molecular flexibility index (Phi) is 4.68. The predicted octanol–water partition coefficient (Wildman–Crippen LogP) is 6.02. The summed E-state index contributed by atoms with van der Waals surface area (Å²) in [6.45, 7) is 6.53. The number of aromatic nitrogens is 2. The highest BCUT2D eigenvalue weighted by Crippen LogP contribution is 2.37. The van der Waals surface area contributed by atoms with Crippen LogP contribution in [0.5, 0.6) is 0 Å². The monoisotopic (exact) mass is 387 g/mol. The van der Waals surface area contributed by atoms with Crippen LogP contribution in [0.25, 0.3) is 16.6 Å². The van der Waals surface area contributed by atoms with Gasteiger partial charge in [0.2, 0.25) is 0 Å². The average Bonchev–Trinajstić information content (AvgIpc) is 3.16. The molecule has 3 nitrogen and oxygen atoms in total. The van der Waals surface area contributed by atoms with Crippen molar-refractivity contribution in [3.05, 3.63) is 83.0 Å². The number of aryl methyl sites for hydroxylation is 1. The van der Waals surface area contributed by atoms with E-state index in [2.05, 4.69) is 109 Å². The molecule has 0 amide bonds. The Morgan fingerprint density at radius 3 is 2.18 bits per heavy atom. The standard InChI is InChI=1S/C24H25N3S/c1-16-6-11-20(23-22(16)25-28-26-23)21(18-12-14-24(2,3)15-13-18)17-7-9-19(10-8-17)27(4)5/h6-15H,1-5H3. The maximum absolute atomic E-state index is 4.64. The minimum atomic E-state index is 0.0776. The molecular formula is C24H25N3S. The van der Waals surface area contributed by atoms with Gasteiger partial charge in [0.25, 0.3) is 0 Å². The summed E-state index contributed by atoms with van der Waals surface area (Å²) in [6, 6.07) is 13.1. The van der Waals surface area contributed by atoms with E-state index in [-0.39, 0.29) is 5.41 Å². The lowest BCUT2D eigenvalue weighted by Gasteiger charge is -2.21. The number of hydrogen-bond donors (Lipinski definition) is 0. The molecule has 0 aliphatic heterocycles. The zero-order valence-electron chi connectivity index (χ0n) is 17.0. The molecule has 1 aliphatic rings. The fraction of sp³-hybridized carbons (Fsp3) is 0.250. The molecule has 4 heteroatoms. The molecule has 0 unspecified atom stereocenters. The third kappa shape index (κ3) is 3.40. The van der Waals surface area contributed by atoms with Crippen LogP contribution in [0, 0.1) is 12.3 Å². The van der Waals surface area contributed by atoms with Crippen molar-refractivity contribution in [3.63, 3.8) is 0 Å². The van der Waals surface area contributed by atoms with Gasteiger partial charge in [-0.25, -0.2) is 0 Å². The van der Waals surface area contributed by atoms with Crippen LogP contribution in [0.2, 0.25) is 0 Å². The summed E-state index contributed by atoms with van der Waals surface area (Å²) in [7, 11) is 4.13. The van der Waals surface area contributed by atoms with Gasteiger partial charge >= 0.3 is 0 Å². The molecule has 142 valence electrons. The van der Waals surface area contributed by atoms with Gasteiger partial charge in [-0.3, -0.25) is 0 Å². The molecule has 0 bridgehead atoms. The molecule has 0 radical (unpaired) electrons. The zero-order chi connectivity index (χ0) is 19.9. The largest absolute Gasteiger partial charge is 0.378 e. The molecule has 2 aromatic carbocycles. The van der Waals surface area contributed by atoms with Crippen molar-refractivity contribution in [2.45, 2.75) is 20.8 Å². The summed E-state index contributed by atoms with van der Waals surface area (Å²) in [5.74, 6) is 0. The van der Waals surface area contributed by atoms with Crippen LogP contribution in [0.3, 0.4) is 0 Å². The quantitative estimate of drug-likeness (QED) is 0.550. The molecule has 1 aliphatic carbocycles. The number of nitrogens with zero attached hydrogens (tertiary/aromatic N) is 3. The summed E-state index contributed by atoms with van der Waals surface area (Å²) in [5.41, 5.74) is 9.13. The first kappa shape index (κ1) is 18.6. The summed E-state index contributed by atoms with van der Waals surface area (Å²) in [5, 5.41) is 0. The van der Waals surface area contributed by atoms with E-state index in [0.29, 0.717) is 0 Å². The van der Waals surface area contributed by atoms with Crippen LogP contribution in [-0.4, -0.2) is 22.8 Å². The average molecular weight is 388 g/mol. The third-order valence-electron chi connectivity index (χ3n) is 5.23. The molecule has 3 aromatic rings. The van der Waals surface area contributed by atoms with Crippen LogP contribution < -0.4 is 4.90 Å². The molecule has 1 aromatic heterocycles. The van der Waals surface area contributed by atoms with Crippen LogP contribution in [0.4, 0.5) is 5.69 Å². The van der Waals surface area contributed by atoms with Crippen LogP contribution >= 0.6 is 11.7 Å². The van der Waals surface area contributed by atoms with E-state index in [9.17, 15) is 0 Å². The second kappa shape index (κ2) is 7.02. The minimum absolute atomic E-state index is 0.0776. The summed E-state index contributed by atoms with van der Waals surface area (Å²) < 4.78 is 9.16. The number of benzene rings is 2. The highest BCUT2D eigenvalue weighted by atomic mass is 32.1. The molecule has 0 N–H and O–H groups in total. The molecular weight excluding hydrogens is 362 g/mol. The molecule has 1 heterocycles. The van der Waals surface area contributed by atoms with Gasteiger partial charge in [0.1, 0.15) is 11.0 Å². The van der Waals surface area contributed by atoms with Crippen molar-refractivity contribution in [1.82, 2.24) is 8.75 Å². The summed E-state index contributed by atoms with van der Waals surface area (Å²) in [4.78, 5) is 2.12. The van der Waals surface area contributed by atoms with Crippen molar-refractivity contribution < 1.29 is 0 Å². The second-order valence-electron chi connectivity index (χ2n) is 8.15. The normalized spacial score (nSPS) is 15.2. The topological polar surface area (TPSA) is 29.0 Å². The van der Waals surface area contributed by atoms with Crippen molar-refractivity contribution >= 4 is 34.0 Å². The Labute approximate surface area is 171 Å². The second-order valence-corrected chi connectivity index (χ2v) is 8.68. The van der Waals surface area contributed by atoms with Crippen LogP contribution in [0.1, 0.15) is 30.5 Å². The van der Waals surface area contributed by atoms with E-state index < -0.39 is 0 Å². The Bertz CT molecular complexity index is 1090. The van der Waals surface area contributed by atoms with Crippen molar-refractivity contribution in [2.24, 2.45) is 5.41 Å². The maximum atomic E-state index is 4.64. The Morgan fingerprint density at radius 1 is 0.893 bits per heavy atom. The number of allylic oxidation sites excluding steroid dienone is 5. The van der Waals surface area contributed by atoms with Crippen molar-refractivity contribution in [3.8, 4) is 0 Å². The van der Waals surface area contributed by atoms with Gasteiger partial charge in [0, 0.05) is 30.8 Å². The Morgan fingerprint density at radius 2 is 1.54 bits per heavy atom. The third-order valence-corrected chi connectivity index (χ3v) is 5.76. The molecule has 4 rings (SSSR count). The molecule has 0 spiro atoms. The first-order valence-electron chi connectivity index (χ1n) is 9.48. The predicted molar refractivity (Wildman–Crippen MR) is 121 cm³/mol. The number of fused-ring (bicyclic) bond motifs is 1. The van der Waals surface area contributed by atoms with Gasteiger partial charge in [0.05, 0.1) is 11.7 Å². The molecule has 28 heavy (non-hydrogen) atoms. The fourth-order valence-corrected chi connectivity index (χ4v) is 4.10. The van der Waals surface area contributed by atoms with Crippen LogP contribution in [0.15, 0.2) is 66.3 Å². The van der Waals surface area contributed by atoms with Gasteiger partial charge in [-0.15, -0.1) is 0 Å². The van der Waals surface area contributed by atoms with E-state index in [4.69, 9.17) is 0 Å². The van der Waals surface area contributed by atoms with Gasteiger partial charge in [-0.2, -0.15) is 8.75 Å². The molecule has 0 atom stereocenters. The van der Waals surface area contributed by atoms with E-state index in [1.54, 1.807) is 0 Å².